The van der Waals surface area contributed by atoms with E-state index in [0.717, 1.165) is 78.5 Å². The fourth-order valence-electron chi connectivity index (χ4n) is 9.30. The number of aromatic nitrogens is 4. The average Bonchev–Trinajstić information content (AvgIpc) is 3.88. The SMILES string of the molecule is c1ccc(N(c2ccccc2)c2ccc(-c3cc(-c4ccc(-c5ccc(-n6c7ccccc7c7ccccc76)cc5)cn4)c4c(c3)c3ccccc3n4-c3ccccc3)nc2)cc1. The van der Waals surface area contributed by atoms with Gasteiger partial charge in [-0.3, -0.25) is 9.97 Å². The minimum absolute atomic E-state index is 0.888. The van der Waals surface area contributed by atoms with E-state index in [0.29, 0.717) is 0 Å². The molecule has 4 aromatic heterocycles. The summed E-state index contributed by atoms with van der Waals surface area (Å²) in [6, 6.07) is 79.5. The number of rotatable bonds is 8. The number of hydrogen-bond donors (Lipinski definition) is 0. The zero-order valence-corrected chi connectivity index (χ0v) is 34.3. The van der Waals surface area contributed by atoms with Gasteiger partial charge in [0.05, 0.1) is 45.3 Å². The van der Waals surface area contributed by atoms with Crippen molar-refractivity contribution >= 4 is 60.7 Å². The molecule has 12 aromatic rings. The molecule has 5 heteroatoms. The summed E-state index contributed by atoms with van der Waals surface area (Å²) in [4.78, 5) is 12.6. The van der Waals surface area contributed by atoms with Crippen molar-refractivity contribution in [2.75, 3.05) is 4.90 Å². The molecule has 0 unspecified atom stereocenters. The van der Waals surface area contributed by atoms with E-state index in [1.165, 1.54) is 27.2 Å². The minimum Gasteiger partial charge on any atom is -0.309 e. The average molecular weight is 806 g/mol. The van der Waals surface area contributed by atoms with Crippen molar-refractivity contribution < 1.29 is 0 Å². The Labute approximate surface area is 365 Å². The van der Waals surface area contributed by atoms with Crippen LogP contribution >= 0.6 is 0 Å². The first-order chi connectivity index (χ1) is 31.3. The molecule has 0 N–H and O–H groups in total. The van der Waals surface area contributed by atoms with Crippen molar-refractivity contribution in [2.24, 2.45) is 0 Å². The van der Waals surface area contributed by atoms with Gasteiger partial charge in [-0.1, -0.05) is 127 Å². The summed E-state index contributed by atoms with van der Waals surface area (Å²) in [6.45, 7) is 0. The molecule has 63 heavy (non-hydrogen) atoms. The first kappa shape index (κ1) is 36.3. The summed E-state index contributed by atoms with van der Waals surface area (Å²) < 4.78 is 4.73. The number of nitrogens with zero attached hydrogens (tertiary/aromatic N) is 5. The standard InChI is InChI=1S/C58H39N5/c1-4-16-43(17-5-1)61(44-18-6-2-7-19-44)47-33-35-53(60-39-47)42-36-51-50-24-12-15-27-57(50)63(45-20-8-3-9-21-45)58(51)52(37-42)54-34-30-41(38-59-54)40-28-31-46(32-29-40)62-55-25-13-10-22-48(55)49-23-11-14-26-56(49)62/h1-39H. The Bertz CT molecular complexity index is 3480. The zero-order valence-electron chi connectivity index (χ0n) is 34.3. The van der Waals surface area contributed by atoms with Crippen LogP contribution < -0.4 is 4.90 Å². The number of benzene rings is 8. The van der Waals surface area contributed by atoms with Crippen molar-refractivity contribution in [3.63, 3.8) is 0 Å². The number of anilines is 3. The molecule has 0 aliphatic heterocycles. The summed E-state index contributed by atoms with van der Waals surface area (Å²) in [6.07, 6.45) is 3.99. The summed E-state index contributed by atoms with van der Waals surface area (Å²) in [7, 11) is 0. The molecule has 0 amide bonds. The van der Waals surface area contributed by atoms with Crippen molar-refractivity contribution in [2.45, 2.75) is 0 Å². The van der Waals surface area contributed by atoms with E-state index < -0.39 is 0 Å². The van der Waals surface area contributed by atoms with Crippen LogP contribution in [0.5, 0.6) is 0 Å². The summed E-state index contributed by atoms with van der Waals surface area (Å²) >= 11 is 0. The second-order valence-electron chi connectivity index (χ2n) is 15.9. The van der Waals surface area contributed by atoms with Gasteiger partial charge in [0.1, 0.15) is 0 Å². The molecule has 0 saturated heterocycles. The van der Waals surface area contributed by atoms with E-state index in [1.54, 1.807) is 0 Å². The Morgan fingerprint density at radius 2 is 0.810 bits per heavy atom. The molecular weight excluding hydrogens is 767 g/mol. The highest BCUT2D eigenvalue weighted by Crippen LogP contribution is 2.42. The van der Waals surface area contributed by atoms with Gasteiger partial charge in [0.15, 0.2) is 0 Å². The second kappa shape index (κ2) is 15.2. The molecule has 8 aromatic carbocycles. The van der Waals surface area contributed by atoms with E-state index >= 15 is 0 Å². The number of para-hydroxylation sites is 6. The van der Waals surface area contributed by atoms with Crippen LogP contribution in [0.3, 0.4) is 0 Å². The molecule has 296 valence electrons. The van der Waals surface area contributed by atoms with E-state index in [2.05, 4.69) is 226 Å². The van der Waals surface area contributed by atoms with Gasteiger partial charge >= 0.3 is 0 Å². The lowest BCUT2D eigenvalue weighted by Crippen LogP contribution is -2.10. The van der Waals surface area contributed by atoms with Gasteiger partial charge in [0.25, 0.3) is 0 Å². The van der Waals surface area contributed by atoms with Crippen molar-refractivity contribution in [3.05, 3.63) is 237 Å². The Morgan fingerprint density at radius 3 is 1.38 bits per heavy atom. The highest BCUT2D eigenvalue weighted by molar-refractivity contribution is 6.15. The first-order valence-corrected chi connectivity index (χ1v) is 21.3. The third kappa shape index (κ3) is 6.25. The van der Waals surface area contributed by atoms with Gasteiger partial charge < -0.3 is 14.0 Å². The molecule has 12 rings (SSSR count). The van der Waals surface area contributed by atoms with E-state index in [1.807, 2.05) is 24.5 Å². The lowest BCUT2D eigenvalue weighted by atomic mass is 9.99. The Morgan fingerprint density at radius 1 is 0.317 bits per heavy atom. The number of fused-ring (bicyclic) bond motifs is 6. The van der Waals surface area contributed by atoms with Crippen LogP contribution in [0.4, 0.5) is 17.1 Å². The lowest BCUT2D eigenvalue weighted by Gasteiger charge is -2.25. The molecule has 0 aliphatic rings. The van der Waals surface area contributed by atoms with Crippen LogP contribution in [0.1, 0.15) is 0 Å². The van der Waals surface area contributed by atoms with Crippen LogP contribution in [-0.2, 0) is 0 Å². The monoisotopic (exact) mass is 805 g/mol. The molecule has 0 atom stereocenters. The maximum Gasteiger partial charge on any atom is 0.0723 e. The van der Waals surface area contributed by atoms with Crippen LogP contribution in [0, 0.1) is 0 Å². The smallest absolute Gasteiger partial charge is 0.0723 e. The molecule has 0 radical (unpaired) electrons. The van der Waals surface area contributed by atoms with Gasteiger partial charge in [-0.05, 0) is 103 Å². The summed E-state index contributed by atoms with van der Waals surface area (Å²) in [5, 5.41) is 4.84. The van der Waals surface area contributed by atoms with Crippen LogP contribution in [0.2, 0.25) is 0 Å². The third-order valence-electron chi connectivity index (χ3n) is 12.2. The molecular formula is C58H39N5. The molecule has 0 saturated carbocycles. The van der Waals surface area contributed by atoms with Crippen LogP contribution in [0.15, 0.2) is 237 Å². The van der Waals surface area contributed by atoms with E-state index in [-0.39, 0.29) is 0 Å². The number of hydrogen-bond acceptors (Lipinski definition) is 3. The third-order valence-corrected chi connectivity index (χ3v) is 12.2. The van der Waals surface area contributed by atoms with Gasteiger partial charge in [0, 0.05) is 67.2 Å². The van der Waals surface area contributed by atoms with E-state index in [9.17, 15) is 0 Å². The maximum absolute atomic E-state index is 5.23. The Kier molecular flexibility index (Phi) is 8.75. The van der Waals surface area contributed by atoms with Gasteiger partial charge in [-0.25, -0.2) is 0 Å². The highest BCUT2D eigenvalue weighted by atomic mass is 15.1. The van der Waals surface area contributed by atoms with Crippen molar-refractivity contribution in [1.82, 2.24) is 19.1 Å². The van der Waals surface area contributed by atoms with Crippen LogP contribution in [-0.4, -0.2) is 19.1 Å². The topological polar surface area (TPSA) is 38.9 Å². The molecule has 0 aliphatic carbocycles. The van der Waals surface area contributed by atoms with E-state index in [4.69, 9.17) is 9.97 Å². The molecule has 0 spiro atoms. The highest BCUT2D eigenvalue weighted by Gasteiger charge is 2.20. The van der Waals surface area contributed by atoms with Crippen molar-refractivity contribution in [3.8, 4) is 45.0 Å². The largest absolute Gasteiger partial charge is 0.309 e. The molecule has 0 bridgehead atoms. The molecule has 5 nitrogen and oxygen atoms in total. The maximum atomic E-state index is 5.23. The van der Waals surface area contributed by atoms with Gasteiger partial charge in [-0.2, -0.15) is 0 Å². The fourth-order valence-corrected chi connectivity index (χ4v) is 9.30. The number of pyridine rings is 2. The first-order valence-electron chi connectivity index (χ1n) is 21.3. The zero-order chi connectivity index (χ0) is 41.7. The van der Waals surface area contributed by atoms with Crippen molar-refractivity contribution in [1.29, 1.82) is 0 Å². The summed E-state index contributed by atoms with van der Waals surface area (Å²) in [5.41, 5.74) is 16.0. The fraction of sp³-hybridized carbons (Fsp3) is 0. The Hall–Kier alpha value is -8.54. The predicted octanol–water partition coefficient (Wildman–Crippen LogP) is 15.1. The second-order valence-corrected chi connectivity index (χ2v) is 15.9. The summed E-state index contributed by atoms with van der Waals surface area (Å²) in [5.74, 6) is 0. The lowest BCUT2D eigenvalue weighted by molar-refractivity contribution is 1.18. The Balaban J connectivity index is 0.970. The normalized spacial score (nSPS) is 11.5. The van der Waals surface area contributed by atoms with Gasteiger partial charge in [0.2, 0.25) is 0 Å². The molecule has 0 fully saturated rings. The van der Waals surface area contributed by atoms with Crippen LogP contribution in [0.25, 0.3) is 88.6 Å². The predicted molar refractivity (Wildman–Crippen MR) is 262 cm³/mol. The van der Waals surface area contributed by atoms with Gasteiger partial charge in [-0.15, -0.1) is 0 Å². The quantitative estimate of drug-likeness (QED) is 0.154. The molecule has 4 heterocycles. The minimum atomic E-state index is 0.888.